The Morgan fingerprint density at radius 3 is 2.43 bits per heavy atom. The third-order valence-electron chi connectivity index (χ3n) is 5.68. The Balaban J connectivity index is 1.41. The lowest BCUT2D eigenvalue weighted by Crippen LogP contribution is -2.42. The van der Waals surface area contributed by atoms with E-state index in [1.807, 2.05) is 29.2 Å². The molecule has 154 valence electrons. The normalized spacial score (nSPS) is 15.5. The molecule has 1 unspecified atom stereocenters. The monoisotopic (exact) mass is 402 g/mol. The maximum Gasteiger partial charge on any atom is 0.223 e. The first-order chi connectivity index (χ1) is 14.7. The molecule has 2 heterocycles. The van der Waals surface area contributed by atoms with Crippen molar-refractivity contribution in [3.8, 4) is 5.75 Å². The summed E-state index contributed by atoms with van der Waals surface area (Å²) in [5.74, 6) is 0.875. The molecule has 1 atom stereocenters. The van der Waals surface area contributed by atoms with E-state index >= 15 is 0 Å². The molecular formula is C25H26N2O3. The van der Waals surface area contributed by atoms with Gasteiger partial charge in [-0.2, -0.15) is 0 Å². The zero-order chi connectivity index (χ0) is 20.9. The van der Waals surface area contributed by atoms with Gasteiger partial charge in [0.25, 0.3) is 0 Å². The number of nitrogens with zero attached hydrogens (tertiary/aromatic N) is 2. The Morgan fingerprint density at radius 2 is 1.70 bits per heavy atom. The van der Waals surface area contributed by atoms with Gasteiger partial charge in [0.2, 0.25) is 5.91 Å². The molecule has 3 aromatic rings. The second kappa shape index (κ2) is 8.99. The Hall–Kier alpha value is -3.34. The van der Waals surface area contributed by atoms with Crippen molar-refractivity contribution in [1.82, 2.24) is 9.47 Å². The van der Waals surface area contributed by atoms with Crippen LogP contribution in [0, 0.1) is 0 Å². The van der Waals surface area contributed by atoms with E-state index in [0.29, 0.717) is 31.4 Å². The number of rotatable bonds is 7. The van der Waals surface area contributed by atoms with Crippen molar-refractivity contribution < 1.29 is 14.3 Å². The molecule has 1 aliphatic heterocycles. The van der Waals surface area contributed by atoms with Crippen molar-refractivity contribution in [2.24, 2.45) is 0 Å². The van der Waals surface area contributed by atoms with E-state index in [-0.39, 0.29) is 17.7 Å². The van der Waals surface area contributed by atoms with Gasteiger partial charge in [-0.05, 0) is 48.4 Å². The second-order valence-corrected chi connectivity index (χ2v) is 7.53. The number of amides is 1. The van der Waals surface area contributed by atoms with Crippen LogP contribution in [0.1, 0.15) is 46.9 Å². The average Bonchev–Trinajstić information content (AvgIpc) is 3.27. The van der Waals surface area contributed by atoms with E-state index in [2.05, 4.69) is 29.0 Å². The number of hydrogen-bond donors (Lipinski definition) is 0. The van der Waals surface area contributed by atoms with Crippen molar-refractivity contribution in [2.75, 3.05) is 13.7 Å². The highest BCUT2D eigenvalue weighted by Crippen LogP contribution is 2.33. The van der Waals surface area contributed by atoms with Crippen LogP contribution in [0.2, 0.25) is 0 Å². The Labute approximate surface area is 176 Å². The van der Waals surface area contributed by atoms with Crippen LogP contribution >= 0.6 is 0 Å². The zero-order valence-electron chi connectivity index (χ0n) is 17.2. The van der Waals surface area contributed by atoms with Crippen LogP contribution in [0.3, 0.4) is 0 Å². The largest absolute Gasteiger partial charge is 0.497 e. The lowest BCUT2D eigenvalue weighted by Gasteiger charge is -2.37. The smallest absolute Gasteiger partial charge is 0.223 e. The van der Waals surface area contributed by atoms with Gasteiger partial charge < -0.3 is 14.2 Å². The first-order valence-electron chi connectivity index (χ1n) is 10.3. The molecule has 4 rings (SSSR count). The highest BCUT2D eigenvalue weighted by molar-refractivity contribution is 5.96. The summed E-state index contributed by atoms with van der Waals surface area (Å²) in [5.41, 5.74) is 2.90. The Bertz CT molecular complexity index is 1010. The molecule has 0 N–H and O–H groups in total. The van der Waals surface area contributed by atoms with Gasteiger partial charge in [0, 0.05) is 43.4 Å². The Morgan fingerprint density at radius 1 is 0.933 bits per heavy atom. The minimum atomic E-state index is -0.0836. The van der Waals surface area contributed by atoms with Crippen LogP contribution < -0.4 is 4.74 Å². The first kappa shape index (κ1) is 20.0. The van der Waals surface area contributed by atoms with Gasteiger partial charge in [0.15, 0.2) is 5.78 Å². The van der Waals surface area contributed by atoms with E-state index in [4.69, 9.17) is 4.74 Å². The van der Waals surface area contributed by atoms with E-state index in [0.717, 1.165) is 23.6 Å². The number of fused-ring (bicyclic) bond motifs is 1. The molecular weight excluding hydrogens is 376 g/mol. The summed E-state index contributed by atoms with van der Waals surface area (Å²) in [4.78, 5) is 27.5. The predicted octanol–water partition coefficient (Wildman–Crippen LogP) is 4.48. The quantitative estimate of drug-likeness (QED) is 0.548. The fourth-order valence-corrected chi connectivity index (χ4v) is 4.10. The van der Waals surface area contributed by atoms with Crippen LogP contribution in [0.5, 0.6) is 5.75 Å². The van der Waals surface area contributed by atoms with Crippen molar-refractivity contribution in [1.29, 1.82) is 0 Å². The summed E-state index contributed by atoms with van der Waals surface area (Å²) >= 11 is 0. The van der Waals surface area contributed by atoms with Gasteiger partial charge in [-0.15, -0.1) is 0 Å². The number of hydrogen-bond acceptors (Lipinski definition) is 3. The number of carbonyl (C=O) groups is 2. The zero-order valence-corrected chi connectivity index (χ0v) is 17.2. The lowest BCUT2D eigenvalue weighted by atomic mass is 9.99. The first-order valence-corrected chi connectivity index (χ1v) is 10.3. The van der Waals surface area contributed by atoms with Crippen LogP contribution in [0.25, 0.3) is 0 Å². The van der Waals surface area contributed by atoms with Crippen LogP contribution in [-0.4, -0.2) is 34.8 Å². The number of ketones is 1. The van der Waals surface area contributed by atoms with Crippen LogP contribution in [0.4, 0.5) is 0 Å². The third-order valence-corrected chi connectivity index (χ3v) is 5.68. The minimum absolute atomic E-state index is 0.0533. The number of carbonyl (C=O) groups excluding carboxylic acids is 2. The maximum atomic E-state index is 13.1. The molecule has 5 heteroatoms. The molecule has 0 bridgehead atoms. The summed E-state index contributed by atoms with van der Waals surface area (Å²) < 4.78 is 7.35. The highest BCUT2D eigenvalue weighted by atomic mass is 16.5. The molecule has 0 spiro atoms. The molecule has 2 aromatic carbocycles. The van der Waals surface area contributed by atoms with Gasteiger partial charge in [0.1, 0.15) is 5.75 Å². The maximum absolute atomic E-state index is 13.1. The number of Topliss-reactive ketones (excluding diaryl/α,β-unsaturated/α-hetero) is 1. The molecule has 0 saturated carbocycles. The lowest BCUT2D eigenvalue weighted by molar-refractivity contribution is -0.134. The topological polar surface area (TPSA) is 51.5 Å². The molecule has 1 aliphatic rings. The fourth-order valence-electron chi connectivity index (χ4n) is 4.10. The molecule has 1 aromatic heterocycles. The number of aromatic nitrogens is 1. The summed E-state index contributed by atoms with van der Waals surface area (Å²) in [5, 5.41) is 0. The van der Waals surface area contributed by atoms with Gasteiger partial charge >= 0.3 is 0 Å². The summed E-state index contributed by atoms with van der Waals surface area (Å²) in [6.07, 6.45) is 3.34. The fraction of sp³-hybridized carbons (Fsp3) is 0.280. The summed E-state index contributed by atoms with van der Waals surface area (Å²) in [6, 6.07) is 21.3. The summed E-state index contributed by atoms with van der Waals surface area (Å²) in [6.45, 7) is 1.47. The van der Waals surface area contributed by atoms with Crippen molar-refractivity contribution in [3.63, 3.8) is 0 Å². The van der Waals surface area contributed by atoms with Gasteiger partial charge in [0.05, 0.1) is 13.2 Å². The van der Waals surface area contributed by atoms with E-state index in [9.17, 15) is 9.59 Å². The van der Waals surface area contributed by atoms with Gasteiger partial charge in [-0.1, -0.05) is 30.3 Å². The van der Waals surface area contributed by atoms with Crippen molar-refractivity contribution in [2.45, 2.75) is 31.8 Å². The van der Waals surface area contributed by atoms with E-state index in [1.165, 1.54) is 0 Å². The Kier molecular flexibility index (Phi) is 5.98. The van der Waals surface area contributed by atoms with E-state index < -0.39 is 0 Å². The molecule has 0 aliphatic carbocycles. The number of ether oxygens (including phenoxy) is 1. The summed E-state index contributed by atoms with van der Waals surface area (Å²) in [7, 11) is 1.60. The van der Waals surface area contributed by atoms with Crippen LogP contribution in [0.15, 0.2) is 72.9 Å². The molecule has 1 amide bonds. The standard InChI is InChI=1S/C25H26N2O3/c1-30-21-14-12-19(13-15-21)23(28)10-5-11-24(29)27-18-17-26-16-6-9-22(26)25(27)20-7-3-2-4-8-20/h2-4,6-9,12-16,25H,5,10-11,17-18H2,1H3. The predicted molar refractivity (Wildman–Crippen MR) is 116 cm³/mol. The van der Waals surface area contributed by atoms with Crippen molar-refractivity contribution in [3.05, 3.63) is 89.7 Å². The van der Waals surface area contributed by atoms with Gasteiger partial charge in [-0.25, -0.2) is 0 Å². The third kappa shape index (κ3) is 4.15. The highest BCUT2D eigenvalue weighted by Gasteiger charge is 2.31. The minimum Gasteiger partial charge on any atom is -0.497 e. The van der Waals surface area contributed by atoms with Crippen LogP contribution in [-0.2, 0) is 11.3 Å². The number of benzene rings is 2. The SMILES string of the molecule is COc1ccc(C(=O)CCCC(=O)N2CCn3cccc3C2c2ccccc2)cc1. The molecule has 0 saturated heterocycles. The molecule has 0 fully saturated rings. The van der Waals surface area contributed by atoms with Crippen molar-refractivity contribution >= 4 is 11.7 Å². The number of methoxy groups -OCH3 is 1. The molecule has 5 nitrogen and oxygen atoms in total. The van der Waals surface area contributed by atoms with Gasteiger partial charge in [-0.3, -0.25) is 9.59 Å². The molecule has 0 radical (unpaired) electrons. The second-order valence-electron chi connectivity index (χ2n) is 7.53. The van der Waals surface area contributed by atoms with E-state index in [1.54, 1.807) is 31.4 Å². The molecule has 30 heavy (non-hydrogen) atoms. The average molecular weight is 402 g/mol.